The molecule has 1 aliphatic rings. The van der Waals surface area contributed by atoms with Gasteiger partial charge in [-0.2, -0.15) is 11.8 Å². The maximum atomic E-state index is 5.46. The number of rotatable bonds is 5. The Hall–Kier alpha value is -1.23. The highest BCUT2D eigenvalue weighted by Gasteiger charge is 2.30. The Labute approximate surface area is 116 Å². The molecule has 0 amide bonds. The Kier molecular flexibility index (Phi) is 3.39. The molecule has 2 heterocycles. The molecule has 0 bridgehead atoms. The van der Waals surface area contributed by atoms with Crippen molar-refractivity contribution in [1.29, 1.82) is 0 Å². The van der Waals surface area contributed by atoms with Gasteiger partial charge in [-0.05, 0) is 33.6 Å². The van der Waals surface area contributed by atoms with Crippen molar-refractivity contribution < 1.29 is 9.05 Å². The average molecular weight is 278 g/mol. The minimum atomic E-state index is 0.633. The molecule has 5 heteroatoms. The molecule has 4 nitrogen and oxygen atoms in total. The fourth-order valence-electron chi connectivity index (χ4n) is 2.20. The van der Waals surface area contributed by atoms with Gasteiger partial charge in [0.05, 0.1) is 11.4 Å². The van der Waals surface area contributed by atoms with Crippen LogP contribution in [-0.2, 0) is 11.5 Å². The number of thioether (sulfide) groups is 1. The molecule has 102 valence electrons. The highest BCUT2D eigenvalue weighted by atomic mass is 32.2. The van der Waals surface area contributed by atoms with Crippen LogP contribution in [0, 0.1) is 20.8 Å². The summed E-state index contributed by atoms with van der Waals surface area (Å²) in [6.07, 6.45) is 2.50. The molecule has 0 atom stereocenters. The third-order valence-electron chi connectivity index (χ3n) is 3.67. The van der Waals surface area contributed by atoms with E-state index in [1.165, 1.54) is 24.0 Å². The van der Waals surface area contributed by atoms with Gasteiger partial charge < -0.3 is 9.05 Å². The maximum absolute atomic E-state index is 5.46. The van der Waals surface area contributed by atoms with E-state index in [1.807, 2.05) is 25.6 Å². The van der Waals surface area contributed by atoms with Crippen LogP contribution < -0.4 is 0 Å². The molecule has 0 unspecified atom stereocenters. The number of hydrogen-bond acceptors (Lipinski definition) is 5. The Morgan fingerprint density at radius 1 is 1.11 bits per heavy atom. The highest BCUT2D eigenvalue weighted by molar-refractivity contribution is 7.97. The van der Waals surface area contributed by atoms with Gasteiger partial charge in [-0.1, -0.05) is 10.3 Å². The van der Waals surface area contributed by atoms with Gasteiger partial charge in [0.15, 0.2) is 0 Å². The highest BCUT2D eigenvalue weighted by Crippen LogP contribution is 2.42. The molecule has 2 aromatic heterocycles. The average Bonchev–Trinajstić information content (AvgIpc) is 3.10. The topological polar surface area (TPSA) is 52.1 Å². The second-order valence-electron chi connectivity index (χ2n) is 5.19. The SMILES string of the molecule is Cc1noc(C)c1CSCc1noc(C2CC2)c1C. The lowest BCUT2D eigenvalue weighted by Crippen LogP contribution is -1.89. The smallest absolute Gasteiger partial charge is 0.143 e. The van der Waals surface area contributed by atoms with E-state index >= 15 is 0 Å². The molecule has 1 aliphatic carbocycles. The Balaban J connectivity index is 1.60. The van der Waals surface area contributed by atoms with Gasteiger partial charge in [-0.3, -0.25) is 0 Å². The van der Waals surface area contributed by atoms with Crippen molar-refractivity contribution in [3.63, 3.8) is 0 Å². The molecule has 19 heavy (non-hydrogen) atoms. The van der Waals surface area contributed by atoms with Gasteiger partial charge in [-0.25, -0.2) is 0 Å². The predicted molar refractivity (Wildman–Crippen MR) is 74.2 cm³/mol. The van der Waals surface area contributed by atoms with Gasteiger partial charge >= 0.3 is 0 Å². The molecule has 0 aliphatic heterocycles. The quantitative estimate of drug-likeness (QED) is 0.830. The van der Waals surface area contributed by atoms with Crippen LogP contribution in [0.3, 0.4) is 0 Å². The fourth-order valence-corrected chi connectivity index (χ4v) is 3.38. The second kappa shape index (κ2) is 5.04. The summed E-state index contributed by atoms with van der Waals surface area (Å²) in [5, 5.41) is 8.18. The first-order chi connectivity index (χ1) is 9.16. The van der Waals surface area contributed by atoms with Crippen molar-refractivity contribution in [2.45, 2.75) is 51.0 Å². The zero-order chi connectivity index (χ0) is 13.4. The van der Waals surface area contributed by atoms with Crippen LogP contribution in [0.15, 0.2) is 9.05 Å². The van der Waals surface area contributed by atoms with E-state index in [4.69, 9.17) is 9.05 Å². The van der Waals surface area contributed by atoms with Crippen molar-refractivity contribution >= 4 is 11.8 Å². The minimum Gasteiger partial charge on any atom is -0.361 e. The van der Waals surface area contributed by atoms with Crippen LogP contribution >= 0.6 is 11.8 Å². The van der Waals surface area contributed by atoms with Crippen molar-refractivity contribution in [3.05, 3.63) is 34.0 Å². The maximum Gasteiger partial charge on any atom is 0.143 e. The second-order valence-corrected chi connectivity index (χ2v) is 6.17. The summed E-state index contributed by atoms with van der Waals surface area (Å²) in [7, 11) is 0. The standard InChI is InChI=1S/C14H18N2O2S/c1-8-13(16-18-14(8)11-4-5-11)7-19-6-12-9(2)15-17-10(12)3/h11H,4-7H2,1-3H3. The van der Waals surface area contributed by atoms with Gasteiger partial charge in [0.2, 0.25) is 0 Å². The Morgan fingerprint density at radius 3 is 2.53 bits per heavy atom. The van der Waals surface area contributed by atoms with Gasteiger partial charge in [0, 0.05) is 28.6 Å². The van der Waals surface area contributed by atoms with Crippen LogP contribution in [0.25, 0.3) is 0 Å². The van der Waals surface area contributed by atoms with Gasteiger partial charge in [-0.15, -0.1) is 0 Å². The van der Waals surface area contributed by atoms with E-state index in [9.17, 15) is 0 Å². The van der Waals surface area contributed by atoms with E-state index in [0.29, 0.717) is 5.92 Å². The number of nitrogens with zero attached hydrogens (tertiary/aromatic N) is 2. The van der Waals surface area contributed by atoms with E-state index in [1.54, 1.807) is 0 Å². The summed E-state index contributed by atoms with van der Waals surface area (Å²) in [6.45, 7) is 6.07. The summed E-state index contributed by atoms with van der Waals surface area (Å²) >= 11 is 1.83. The van der Waals surface area contributed by atoms with Crippen molar-refractivity contribution in [2.75, 3.05) is 0 Å². The van der Waals surface area contributed by atoms with E-state index in [0.717, 1.165) is 34.4 Å². The summed E-state index contributed by atoms with van der Waals surface area (Å²) in [4.78, 5) is 0. The summed E-state index contributed by atoms with van der Waals surface area (Å²) in [6, 6.07) is 0. The molecule has 0 N–H and O–H groups in total. The summed E-state index contributed by atoms with van der Waals surface area (Å²) < 4.78 is 10.6. The first kappa shape index (κ1) is 12.8. The molecule has 2 aromatic rings. The van der Waals surface area contributed by atoms with Crippen LogP contribution in [0.1, 0.15) is 52.8 Å². The minimum absolute atomic E-state index is 0.633. The van der Waals surface area contributed by atoms with E-state index < -0.39 is 0 Å². The molecule has 0 aromatic carbocycles. The largest absolute Gasteiger partial charge is 0.361 e. The Morgan fingerprint density at radius 2 is 1.89 bits per heavy atom. The molecule has 3 rings (SSSR count). The van der Waals surface area contributed by atoms with Crippen LogP contribution in [0.2, 0.25) is 0 Å². The zero-order valence-corrected chi connectivity index (χ0v) is 12.3. The van der Waals surface area contributed by atoms with Crippen LogP contribution in [0.5, 0.6) is 0 Å². The third-order valence-corrected chi connectivity index (χ3v) is 4.64. The lowest BCUT2D eigenvalue weighted by molar-refractivity contribution is 0.379. The first-order valence-electron chi connectivity index (χ1n) is 6.61. The lowest BCUT2D eigenvalue weighted by atomic mass is 10.2. The zero-order valence-electron chi connectivity index (χ0n) is 11.5. The number of aromatic nitrogens is 2. The Bertz CT molecular complexity index is 565. The normalized spacial score (nSPS) is 15.1. The molecular weight excluding hydrogens is 260 g/mol. The van der Waals surface area contributed by atoms with Crippen molar-refractivity contribution in [3.8, 4) is 0 Å². The molecule has 1 saturated carbocycles. The molecule has 0 saturated heterocycles. The van der Waals surface area contributed by atoms with E-state index in [2.05, 4.69) is 17.2 Å². The van der Waals surface area contributed by atoms with Crippen LogP contribution in [-0.4, -0.2) is 10.3 Å². The van der Waals surface area contributed by atoms with Gasteiger partial charge in [0.25, 0.3) is 0 Å². The van der Waals surface area contributed by atoms with Gasteiger partial charge in [0.1, 0.15) is 11.5 Å². The monoisotopic (exact) mass is 278 g/mol. The molecule has 0 radical (unpaired) electrons. The summed E-state index contributed by atoms with van der Waals surface area (Å²) in [5.41, 5.74) is 4.52. The number of aryl methyl sites for hydroxylation is 2. The van der Waals surface area contributed by atoms with Crippen molar-refractivity contribution in [1.82, 2.24) is 10.3 Å². The lowest BCUT2D eigenvalue weighted by Gasteiger charge is -1.99. The third kappa shape index (κ3) is 2.56. The van der Waals surface area contributed by atoms with Crippen molar-refractivity contribution in [2.24, 2.45) is 0 Å². The molecule has 1 fully saturated rings. The predicted octanol–water partition coefficient (Wildman–Crippen LogP) is 3.90. The van der Waals surface area contributed by atoms with Crippen LogP contribution in [0.4, 0.5) is 0 Å². The number of hydrogen-bond donors (Lipinski definition) is 0. The first-order valence-corrected chi connectivity index (χ1v) is 7.76. The summed E-state index contributed by atoms with van der Waals surface area (Å²) in [5.74, 6) is 4.44. The molecule has 0 spiro atoms. The van der Waals surface area contributed by atoms with E-state index in [-0.39, 0.29) is 0 Å². The fraction of sp³-hybridized carbons (Fsp3) is 0.571. The molecular formula is C14H18N2O2S.